The van der Waals surface area contributed by atoms with Gasteiger partial charge in [0.1, 0.15) is 12.2 Å². The lowest BCUT2D eigenvalue weighted by molar-refractivity contribution is -0.160. The van der Waals surface area contributed by atoms with Crippen LogP contribution in [0.5, 0.6) is 0 Å². The van der Waals surface area contributed by atoms with Crippen LogP contribution in [0.1, 0.15) is 120 Å². The van der Waals surface area contributed by atoms with Gasteiger partial charge in [0.05, 0.1) is 12.8 Å². The molecule has 3 rings (SSSR count). The second-order valence-corrected chi connectivity index (χ2v) is 16.9. The molecule has 3 aliphatic rings. The fourth-order valence-corrected chi connectivity index (χ4v) is 8.99. The molecule has 0 aromatic rings. The minimum atomic E-state index is -0.0958. The van der Waals surface area contributed by atoms with Crippen LogP contribution in [-0.4, -0.2) is 95.4 Å². The van der Waals surface area contributed by atoms with Crippen molar-refractivity contribution in [2.24, 2.45) is 11.8 Å². The van der Waals surface area contributed by atoms with Crippen LogP contribution >= 0.6 is 0 Å². The van der Waals surface area contributed by atoms with Crippen molar-refractivity contribution in [1.29, 1.82) is 0 Å². The number of likely N-dealkylation sites (tertiary alicyclic amines) is 2. The third kappa shape index (κ3) is 11.2. The molecule has 0 aromatic heterocycles. The van der Waals surface area contributed by atoms with E-state index >= 15 is 0 Å². The molecule has 3 fully saturated rings. The van der Waals surface area contributed by atoms with Crippen LogP contribution in [0.15, 0.2) is 25.3 Å². The lowest BCUT2D eigenvalue weighted by Gasteiger charge is -2.54. The zero-order valence-electron chi connectivity index (χ0n) is 30.7. The van der Waals surface area contributed by atoms with Gasteiger partial charge in [-0.1, -0.05) is 12.2 Å². The average molecular weight is 645 g/mol. The first kappa shape index (κ1) is 38.7. The minimum Gasteiger partial charge on any atom is -0.462 e. The maximum Gasteiger partial charge on any atom is 0.307 e. The Bertz CT molecular complexity index is 898. The average Bonchev–Trinajstić information content (AvgIpc) is 2.93. The number of ether oxygens (including phenoxy) is 2. The van der Waals surface area contributed by atoms with Crippen LogP contribution in [0.25, 0.3) is 0 Å². The Morgan fingerprint density at radius 2 is 0.935 bits per heavy atom. The van der Waals surface area contributed by atoms with Crippen molar-refractivity contribution in [3.05, 3.63) is 25.3 Å². The zero-order chi connectivity index (χ0) is 34.2. The quantitative estimate of drug-likeness (QED) is 0.116. The van der Waals surface area contributed by atoms with Crippen LogP contribution in [0, 0.1) is 11.8 Å². The molecular weight excluding hydrogens is 576 g/mol. The molecule has 8 heteroatoms. The zero-order valence-corrected chi connectivity index (χ0v) is 30.7. The summed E-state index contributed by atoms with van der Waals surface area (Å²) in [5.74, 6) is 1.12. The normalized spacial score (nSPS) is 26.7. The van der Waals surface area contributed by atoms with Gasteiger partial charge in [-0.2, -0.15) is 0 Å². The molecular formula is C38H68N4O4. The van der Waals surface area contributed by atoms with Crippen LogP contribution in [-0.2, 0) is 19.1 Å². The van der Waals surface area contributed by atoms with Gasteiger partial charge in [0, 0.05) is 74.0 Å². The Morgan fingerprint density at radius 3 is 1.22 bits per heavy atom. The number of piperidine rings is 2. The van der Waals surface area contributed by atoms with E-state index in [1.165, 1.54) is 25.7 Å². The SMILES string of the molecule is C=CCN1C(C)(C)CC(OC(=O)CCNCC2CCC(CNCCC(=O)OC3CC(C)(C)N(CC=C)C(C)(C)C3)CC2)CC1(C)C. The third-order valence-corrected chi connectivity index (χ3v) is 10.9. The summed E-state index contributed by atoms with van der Waals surface area (Å²) >= 11 is 0. The van der Waals surface area contributed by atoms with Gasteiger partial charge in [-0.3, -0.25) is 19.4 Å². The molecule has 2 aliphatic heterocycles. The fraction of sp³-hybridized carbons (Fsp3) is 0.842. The third-order valence-electron chi connectivity index (χ3n) is 10.9. The number of nitrogens with one attached hydrogen (secondary N) is 2. The van der Waals surface area contributed by atoms with Gasteiger partial charge in [0.25, 0.3) is 0 Å². The van der Waals surface area contributed by atoms with Crippen LogP contribution < -0.4 is 10.6 Å². The standard InChI is InChI=1S/C38H68N4O4/c1-11-21-41-35(3,4)23-31(24-36(41,5)6)45-33(43)17-19-39-27-29-13-15-30(16-14-29)28-40-20-18-34(44)46-32-25-37(7,8)42(22-12-2)38(9,10)26-32/h11-12,29-32,39-40H,1-2,13-28H2,3-10H3. The molecule has 46 heavy (non-hydrogen) atoms. The first-order valence-corrected chi connectivity index (χ1v) is 18.1. The summed E-state index contributed by atoms with van der Waals surface area (Å²) in [6, 6.07) is 0. The lowest BCUT2D eigenvalue weighted by Crippen LogP contribution is -2.62. The Hall–Kier alpha value is -1.74. The van der Waals surface area contributed by atoms with E-state index in [1.807, 2.05) is 12.2 Å². The monoisotopic (exact) mass is 645 g/mol. The van der Waals surface area contributed by atoms with Gasteiger partial charge in [-0.25, -0.2) is 0 Å². The highest BCUT2D eigenvalue weighted by Crippen LogP contribution is 2.40. The van der Waals surface area contributed by atoms with Gasteiger partial charge in [0.2, 0.25) is 0 Å². The molecule has 0 radical (unpaired) electrons. The molecule has 2 saturated heterocycles. The summed E-state index contributed by atoms with van der Waals surface area (Å²) < 4.78 is 11.9. The predicted molar refractivity (Wildman–Crippen MR) is 189 cm³/mol. The van der Waals surface area contributed by atoms with E-state index in [2.05, 4.69) is 89.0 Å². The summed E-state index contributed by atoms with van der Waals surface area (Å²) in [6.45, 7) is 30.7. The number of nitrogens with zero attached hydrogens (tertiary/aromatic N) is 2. The number of carbonyl (C=O) groups is 2. The molecule has 0 unspecified atom stereocenters. The van der Waals surface area contributed by atoms with Crippen molar-refractivity contribution in [3.8, 4) is 0 Å². The predicted octanol–water partition coefficient (Wildman–Crippen LogP) is 6.25. The van der Waals surface area contributed by atoms with E-state index in [0.29, 0.717) is 37.8 Å². The van der Waals surface area contributed by atoms with Crippen molar-refractivity contribution in [2.45, 2.75) is 154 Å². The van der Waals surface area contributed by atoms with Gasteiger partial charge in [-0.15, -0.1) is 13.2 Å². The number of rotatable bonds is 16. The Balaban J connectivity index is 1.24. The summed E-state index contributed by atoms with van der Waals surface area (Å²) in [4.78, 5) is 30.2. The van der Waals surface area contributed by atoms with Crippen molar-refractivity contribution in [2.75, 3.05) is 39.3 Å². The fourth-order valence-electron chi connectivity index (χ4n) is 8.99. The van der Waals surface area contributed by atoms with Crippen molar-refractivity contribution in [3.63, 3.8) is 0 Å². The van der Waals surface area contributed by atoms with Gasteiger partial charge >= 0.3 is 11.9 Å². The van der Waals surface area contributed by atoms with E-state index in [9.17, 15) is 9.59 Å². The molecule has 2 N–H and O–H groups in total. The van der Waals surface area contributed by atoms with Crippen LogP contribution in [0.2, 0.25) is 0 Å². The summed E-state index contributed by atoms with van der Waals surface area (Å²) in [5, 5.41) is 7.03. The molecule has 0 atom stereocenters. The molecule has 2 heterocycles. The highest BCUT2D eigenvalue weighted by molar-refractivity contribution is 5.70. The van der Waals surface area contributed by atoms with Crippen LogP contribution in [0.3, 0.4) is 0 Å². The molecule has 1 saturated carbocycles. The smallest absolute Gasteiger partial charge is 0.307 e. The second kappa shape index (κ2) is 16.6. The maximum atomic E-state index is 12.7. The van der Waals surface area contributed by atoms with E-state index in [1.54, 1.807) is 0 Å². The Labute approximate surface area is 281 Å². The molecule has 0 bridgehead atoms. The van der Waals surface area contributed by atoms with Crippen molar-refractivity contribution >= 4 is 11.9 Å². The highest BCUT2D eigenvalue weighted by Gasteiger charge is 2.47. The van der Waals surface area contributed by atoms with Gasteiger partial charge in [0.15, 0.2) is 0 Å². The molecule has 0 amide bonds. The van der Waals surface area contributed by atoms with Crippen molar-refractivity contribution in [1.82, 2.24) is 20.4 Å². The van der Waals surface area contributed by atoms with E-state index in [4.69, 9.17) is 9.47 Å². The van der Waals surface area contributed by atoms with E-state index in [0.717, 1.165) is 51.9 Å². The Kier molecular flexibility index (Phi) is 14.0. The topological polar surface area (TPSA) is 83.1 Å². The summed E-state index contributed by atoms with van der Waals surface area (Å²) in [6.07, 6.45) is 12.9. The largest absolute Gasteiger partial charge is 0.462 e. The molecule has 1 aliphatic carbocycles. The first-order chi connectivity index (χ1) is 21.5. The number of hydrogen-bond acceptors (Lipinski definition) is 8. The lowest BCUT2D eigenvalue weighted by atomic mass is 9.78. The molecule has 8 nitrogen and oxygen atoms in total. The number of carbonyl (C=O) groups excluding carboxylic acids is 2. The van der Waals surface area contributed by atoms with Crippen LogP contribution in [0.4, 0.5) is 0 Å². The van der Waals surface area contributed by atoms with E-state index < -0.39 is 0 Å². The van der Waals surface area contributed by atoms with Crippen molar-refractivity contribution < 1.29 is 19.1 Å². The molecule has 0 aromatic carbocycles. The molecule has 264 valence electrons. The maximum absolute atomic E-state index is 12.7. The Morgan fingerprint density at radius 1 is 0.630 bits per heavy atom. The number of hydrogen-bond donors (Lipinski definition) is 2. The first-order valence-electron chi connectivity index (χ1n) is 18.1. The second-order valence-electron chi connectivity index (χ2n) is 16.9. The molecule has 0 spiro atoms. The van der Waals surface area contributed by atoms with Gasteiger partial charge < -0.3 is 20.1 Å². The van der Waals surface area contributed by atoms with Gasteiger partial charge in [-0.05, 0) is 106 Å². The summed E-state index contributed by atoms with van der Waals surface area (Å²) in [5.41, 5.74) is -0.175. The summed E-state index contributed by atoms with van der Waals surface area (Å²) in [7, 11) is 0. The minimum absolute atomic E-state index is 0.0428. The van der Waals surface area contributed by atoms with E-state index in [-0.39, 0.29) is 46.3 Å². The number of esters is 2. The highest BCUT2D eigenvalue weighted by atomic mass is 16.5.